The van der Waals surface area contributed by atoms with Gasteiger partial charge in [0.25, 0.3) is 0 Å². The smallest absolute Gasteiger partial charge is 0.313 e. The van der Waals surface area contributed by atoms with E-state index in [4.69, 9.17) is 81.3 Å². The monoisotopic (exact) mass is 949 g/mol. The van der Waals surface area contributed by atoms with Gasteiger partial charge in [0.1, 0.15) is 5.82 Å². The molecule has 0 atom stereocenters. The largest absolute Gasteiger partial charge is 0.420 e. The van der Waals surface area contributed by atoms with E-state index in [1.54, 1.807) is 0 Å². The van der Waals surface area contributed by atoms with Crippen LogP contribution in [0, 0.1) is 17.5 Å². The minimum atomic E-state index is -1.30. The van der Waals surface area contributed by atoms with Gasteiger partial charge < -0.3 is 80.5 Å². The molecule has 1 aromatic rings. The summed E-state index contributed by atoms with van der Waals surface area (Å²) < 4.78 is 131. The maximum atomic E-state index is 13.5. The Balaban J connectivity index is 1.64. The summed E-state index contributed by atoms with van der Waals surface area (Å²) in [6.45, 7) is 13.7. The van der Waals surface area contributed by atoms with Crippen LogP contribution in [-0.2, 0) is 80.6 Å². The predicted octanol–water partition coefficient (Wildman–Crippen LogP) is 2.98. The van der Waals surface area contributed by atoms with Crippen LogP contribution in [0.3, 0.4) is 0 Å². The van der Waals surface area contributed by atoms with Crippen molar-refractivity contribution >= 4 is 5.97 Å². The highest BCUT2D eigenvalue weighted by molar-refractivity contribution is 5.72. The number of hydrogen-bond acceptors (Lipinski definition) is 19. The molecule has 378 valence electrons. The molecule has 0 spiro atoms. The van der Waals surface area contributed by atoms with E-state index in [0.717, 1.165) is 0 Å². The number of benzene rings is 1. The molecule has 0 radical (unpaired) electrons. The standard InChI is InChI=1S/C41H70F3N3O18/c42-37-35-38(43)41(39(44)36-37)65-40(48)1-3-49-5-7-51-9-11-53-13-15-55-17-19-57-21-23-59-25-27-61-29-31-63-33-34-64-32-30-62-28-26-60-24-22-58-20-18-56-16-14-54-12-10-52-8-6-50-4-2-46-47-45/h35-36H,1-34H2. The van der Waals surface area contributed by atoms with Crippen molar-refractivity contribution in [1.29, 1.82) is 0 Å². The number of esters is 1. The van der Waals surface area contributed by atoms with Crippen molar-refractivity contribution in [2.75, 3.05) is 218 Å². The van der Waals surface area contributed by atoms with Crippen LogP contribution in [-0.4, -0.2) is 224 Å². The van der Waals surface area contributed by atoms with Gasteiger partial charge in [0, 0.05) is 23.6 Å². The Labute approximate surface area is 379 Å². The fourth-order valence-electron chi connectivity index (χ4n) is 4.50. The Morgan fingerprint density at radius 1 is 0.385 bits per heavy atom. The first-order valence-corrected chi connectivity index (χ1v) is 21.6. The fraction of sp³-hybridized carbons (Fsp3) is 0.829. The van der Waals surface area contributed by atoms with Gasteiger partial charge in [-0.15, -0.1) is 0 Å². The Hall–Kier alpha value is -2.85. The molecule has 0 amide bonds. The van der Waals surface area contributed by atoms with Crippen molar-refractivity contribution in [1.82, 2.24) is 0 Å². The van der Waals surface area contributed by atoms with E-state index in [0.29, 0.717) is 210 Å². The topological polar surface area (TPSA) is 223 Å². The second kappa shape index (κ2) is 49.1. The number of ether oxygens (including phenoxy) is 17. The SMILES string of the molecule is [N-]=[N+]=NCCOCCOCCOCCOCCOCCOCCOCCOCCOCCOCCOCCOCCOCCOCCOCCOCCC(=O)Oc1c(F)cc(F)cc1F. The molecule has 0 aromatic heterocycles. The number of halogens is 3. The molecule has 1 aromatic carbocycles. The number of hydrogen-bond donors (Lipinski definition) is 0. The van der Waals surface area contributed by atoms with Crippen LogP contribution in [0.2, 0.25) is 0 Å². The predicted molar refractivity (Wildman–Crippen MR) is 224 cm³/mol. The van der Waals surface area contributed by atoms with Crippen LogP contribution in [0.4, 0.5) is 13.2 Å². The van der Waals surface area contributed by atoms with Crippen molar-refractivity contribution < 1.29 is 98.5 Å². The highest BCUT2D eigenvalue weighted by atomic mass is 19.1. The maximum absolute atomic E-state index is 13.5. The molecular weight excluding hydrogens is 879 g/mol. The minimum absolute atomic E-state index is 0.0417. The molecule has 0 bridgehead atoms. The molecule has 24 heteroatoms. The van der Waals surface area contributed by atoms with Crippen LogP contribution < -0.4 is 4.74 Å². The Morgan fingerprint density at radius 2 is 0.600 bits per heavy atom. The van der Waals surface area contributed by atoms with Crippen LogP contribution >= 0.6 is 0 Å². The fourth-order valence-corrected chi connectivity index (χ4v) is 4.50. The second-order valence-corrected chi connectivity index (χ2v) is 12.7. The first-order chi connectivity index (χ1) is 32.0. The highest BCUT2D eigenvalue weighted by Crippen LogP contribution is 2.23. The summed E-state index contributed by atoms with van der Waals surface area (Å²) >= 11 is 0. The molecule has 0 aliphatic heterocycles. The van der Waals surface area contributed by atoms with Gasteiger partial charge in [-0.3, -0.25) is 4.79 Å². The van der Waals surface area contributed by atoms with Gasteiger partial charge in [0.05, 0.1) is 218 Å². The van der Waals surface area contributed by atoms with E-state index < -0.39 is 29.2 Å². The third-order valence-electron chi connectivity index (χ3n) is 7.61. The molecule has 65 heavy (non-hydrogen) atoms. The van der Waals surface area contributed by atoms with Crippen molar-refractivity contribution in [2.45, 2.75) is 6.42 Å². The lowest BCUT2D eigenvalue weighted by molar-refractivity contribution is -0.136. The molecule has 0 fully saturated rings. The first kappa shape index (κ1) is 60.2. The van der Waals surface area contributed by atoms with Gasteiger partial charge in [-0.05, 0) is 5.53 Å². The summed E-state index contributed by atoms with van der Waals surface area (Å²) in [6, 6.07) is 0.846. The van der Waals surface area contributed by atoms with E-state index in [1.165, 1.54) is 0 Å². The van der Waals surface area contributed by atoms with Crippen LogP contribution in [0.25, 0.3) is 10.4 Å². The number of nitrogens with zero attached hydrogens (tertiary/aromatic N) is 3. The number of carbonyl (C=O) groups is 1. The zero-order valence-electron chi connectivity index (χ0n) is 37.5. The molecule has 0 unspecified atom stereocenters. The highest BCUT2D eigenvalue weighted by Gasteiger charge is 2.16. The van der Waals surface area contributed by atoms with Crippen LogP contribution in [0.1, 0.15) is 6.42 Å². The summed E-state index contributed by atoms with van der Waals surface area (Å²) in [5.41, 5.74) is 8.15. The normalized spacial score (nSPS) is 11.4. The third-order valence-corrected chi connectivity index (χ3v) is 7.61. The van der Waals surface area contributed by atoms with Crippen molar-refractivity contribution in [3.63, 3.8) is 0 Å². The first-order valence-electron chi connectivity index (χ1n) is 21.6. The lowest BCUT2D eigenvalue weighted by Gasteiger charge is -2.09. The summed E-state index contributed by atoms with van der Waals surface area (Å²) in [6.07, 6.45) is -0.247. The molecule has 0 saturated carbocycles. The van der Waals surface area contributed by atoms with Gasteiger partial charge in [-0.1, -0.05) is 5.11 Å². The van der Waals surface area contributed by atoms with Gasteiger partial charge in [-0.2, -0.15) is 0 Å². The molecule has 21 nitrogen and oxygen atoms in total. The van der Waals surface area contributed by atoms with Crippen molar-refractivity contribution in [3.05, 3.63) is 40.0 Å². The zero-order valence-corrected chi connectivity index (χ0v) is 37.5. The van der Waals surface area contributed by atoms with E-state index in [1.807, 2.05) is 0 Å². The molecule has 0 aliphatic carbocycles. The van der Waals surface area contributed by atoms with E-state index in [-0.39, 0.29) is 26.2 Å². The van der Waals surface area contributed by atoms with E-state index in [2.05, 4.69) is 14.8 Å². The van der Waals surface area contributed by atoms with E-state index >= 15 is 0 Å². The third kappa shape index (κ3) is 43.5. The number of rotatable bonds is 52. The molecule has 0 heterocycles. The Morgan fingerprint density at radius 3 is 0.831 bits per heavy atom. The quantitative estimate of drug-likeness (QED) is 0.0229. The summed E-state index contributed by atoms with van der Waals surface area (Å²) in [5.74, 6) is -5.58. The van der Waals surface area contributed by atoms with Gasteiger partial charge in [-0.25, -0.2) is 13.2 Å². The lowest BCUT2D eigenvalue weighted by Crippen LogP contribution is -2.16. The molecule has 0 N–H and O–H groups in total. The molecular formula is C41H70F3N3O18. The van der Waals surface area contributed by atoms with E-state index in [9.17, 15) is 18.0 Å². The van der Waals surface area contributed by atoms with Crippen molar-refractivity contribution in [2.24, 2.45) is 5.11 Å². The van der Waals surface area contributed by atoms with Crippen LogP contribution in [0.5, 0.6) is 5.75 Å². The van der Waals surface area contributed by atoms with Gasteiger partial charge in [0.2, 0.25) is 5.75 Å². The Kier molecular flexibility index (Phi) is 45.4. The molecule has 0 saturated heterocycles. The number of carbonyl (C=O) groups excluding carboxylic acids is 1. The van der Waals surface area contributed by atoms with Gasteiger partial charge in [0.15, 0.2) is 11.6 Å². The maximum Gasteiger partial charge on any atom is 0.313 e. The minimum Gasteiger partial charge on any atom is -0.420 e. The molecule has 0 aliphatic rings. The summed E-state index contributed by atoms with van der Waals surface area (Å²) in [5, 5.41) is 3.37. The second-order valence-electron chi connectivity index (χ2n) is 12.7. The summed E-state index contributed by atoms with van der Waals surface area (Å²) in [7, 11) is 0. The number of azide groups is 1. The van der Waals surface area contributed by atoms with Crippen molar-refractivity contribution in [3.8, 4) is 5.75 Å². The lowest BCUT2D eigenvalue weighted by atomic mass is 10.3. The average Bonchev–Trinajstić information content (AvgIpc) is 3.29. The summed E-state index contributed by atoms with van der Waals surface area (Å²) in [4.78, 5) is 14.3. The zero-order chi connectivity index (χ0) is 46.8. The average molecular weight is 950 g/mol. The van der Waals surface area contributed by atoms with Gasteiger partial charge >= 0.3 is 5.97 Å². The Bertz CT molecular complexity index is 1240. The van der Waals surface area contributed by atoms with Crippen LogP contribution in [0.15, 0.2) is 17.2 Å². The molecule has 1 rings (SSSR count).